The van der Waals surface area contributed by atoms with E-state index < -0.39 is 0 Å². The van der Waals surface area contributed by atoms with E-state index in [0.717, 1.165) is 0 Å². The Hall–Kier alpha value is -0.530. The predicted molar refractivity (Wildman–Crippen MR) is 30.4 cm³/mol. The fourth-order valence-corrected chi connectivity index (χ4v) is 0.183. The third-order valence-electron chi connectivity index (χ3n) is 0.377. The van der Waals surface area contributed by atoms with Crippen LogP contribution in [0, 0.1) is 0 Å². The second-order valence-electron chi connectivity index (χ2n) is 1.52. The molecule has 0 aromatic carbocycles. The zero-order valence-corrected chi connectivity index (χ0v) is 5.01. The first-order valence-electron chi connectivity index (χ1n) is 2.41. The van der Waals surface area contributed by atoms with Gasteiger partial charge < -0.3 is 4.84 Å². The van der Waals surface area contributed by atoms with Crippen LogP contribution in [-0.4, -0.2) is 12.3 Å². The molecule has 0 N–H and O–H groups in total. The molecule has 0 radical (unpaired) electrons. The minimum absolute atomic E-state index is 0.205. The molecule has 0 heterocycles. The Bertz CT molecular complexity index is 59.1. The predicted octanol–water partition coefficient (Wildman–Crippen LogP) is 1.42. The van der Waals surface area contributed by atoms with Crippen LogP contribution >= 0.6 is 0 Å². The van der Waals surface area contributed by atoms with E-state index in [9.17, 15) is 0 Å². The first kappa shape index (κ1) is 6.47. The fraction of sp³-hybridized carbons (Fsp3) is 0.800. The van der Waals surface area contributed by atoms with Crippen molar-refractivity contribution in [3.63, 3.8) is 0 Å². The highest BCUT2D eigenvalue weighted by atomic mass is 16.6. The van der Waals surface area contributed by atoms with Crippen LogP contribution in [-0.2, 0) is 4.84 Å². The maximum absolute atomic E-state index is 4.76. The fourth-order valence-electron chi connectivity index (χ4n) is 0.183. The van der Waals surface area contributed by atoms with Gasteiger partial charge in [0.05, 0.1) is 0 Å². The lowest BCUT2D eigenvalue weighted by molar-refractivity contribution is 0.0871. The molecule has 0 saturated carbocycles. The van der Waals surface area contributed by atoms with Crippen LogP contribution in [0.5, 0.6) is 0 Å². The summed E-state index contributed by atoms with van der Waals surface area (Å²) in [5.74, 6) is 0. The SMILES string of the molecule is C/C=N/OC(C)C. The Labute approximate surface area is 44.2 Å². The molecule has 0 spiro atoms. The number of nitrogens with zero attached hydrogens (tertiary/aromatic N) is 1. The van der Waals surface area contributed by atoms with Gasteiger partial charge in [-0.1, -0.05) is 5.16 Å². The molecule has 0 unspecified atom stereocenters. The average Bonchev–Trinajstić information content (AvgIpc) is 1.61. The van der Waals surface area contributed by atoms with Crippen LogP contribution in [0.4, 0.5) is 0 Å². The van der Waals surface area contributed by atoms with Crippen molar-refractivity contribution in [2.75, 3.05) is 0 Å². The van der Waals surface area contributed by atoms with E-state index >= 15 is 0 Å². The van der Waals surface area contributed by atoms with E-state index in [1.165, 1.54) is 0 Å². The molecule has 0 rings (SSSR count). The largest absolute Gasteiger partial charge is 0.393 e. The summed E-state index contributed by atoms with van der Waals surface area (Å²) in [6.45, 7) is 5.70. The average molecular weight is 101 g/mol. The van der Waals surface area contributed by atoms with Gasteiger partial charge in [-0.25, -0.2) is 0 Å². The van der Waals surface area contributed by atoms with Gasteiger partial charge >= 0.3 is 0 Å². The highest BCUT2D eigenvalue weighted by Gasteiger charge is 1.84. The molecule has 2 heteroatoms. The van der Waals surface area contributed by atoms with Crippen molar-refractivity contribution in [1.29, 1.82) is 0 Å². The zero-order valence-electron chi connectivity index (χ0n) is 5.01. The summed E-state index contributed by atoms with van der Waals surface area (Å²) in [5.41, 5.74) is 0. The zero-order chi connectivity index (χ0) is 5.70. The lowest BCUT2D eigenvalue weighted by atomic mass is 10.5. The normalized spacial score (nSPS) is 10.9. The van der Waals surface area contributed by atoms with E-state index in [1.807, 2.05) is 20.8 Å². The maximum atomic E-state index is 4.76. The molecule has 0 aromatic rings. The second-order valence-corrected chi connectivity index (χ2v) is 1.52. The minimum atomic E-state index is 0.205. The molecular weight excluding hydrogens is 90.1 g/mol. The number of hydrogen-bond donors (Lipinski definition) is 0. The molecule has 7 heavy (non-hydrogen) atoms. The van der Waals surface area contributed by atoms with Crippen molar-refractivity contribution < 1.29 is 4.84 Å². The van der Waals surface area contributed by atoms with Gasteiger partial charge in [0, 0.05) is 6.21 Å². The molecular formula is C5H11NO. The summed E-state index contributed by atoms with van der Waals surface area (Å²) in [7, 11) is 0. The number of oxime groups is 1. The van der Waals surface area contributed by atoms with Gasteiger partial charge in [0.1, 0.15) is 6.10 Å². The van der Waals surface area contributed by atoms with Crippen LogP contribution in [0.2, 0.25) is 0 Å². The first-order valence-corrected chi connectivity index (χ1v) is 2.41. The minimum Gasteiger partial charge on any atom is -0.393 e. The molecule has 0 amide bonds. The summed E-state index contributed by atoms with van der Waals surface area (Å²) >= 11 is 0. The number of hydrogen-bond acceptors (Lipinski definition) is 2. The van der Waals surface area contributed by atoms with Gasteiger partial charge in [-0.15, -0.1) is 0 Å². The second kappa shape index (κ2) is 3.65. The van der Waals surface area contributed by atoms with Crippen LogP contribution in [0.3, 0.4) is 0 Å². The van der Waals surface area contributed by atoms with Gasteiger partial charge in [0.2, 0.25) is 0 Å². The van der Waals surface area contributed by atoms with Gasteiger partial charge in [-0.05, 0) is 20.8 Å². The Morgan fingerprint density at radius 2 is 2.14 bits per heavy atom. The highest BCUT2D eigenvalue weighted by molar-refractivity contribution is 5.52. The first-order chi connectivity index (χ1) is 3.27. The molecule has 2 nitrogen and oxygen atoms in total. The quantitative estimate of drug-likeness (QED) is 0.380. The summed E-state index contributed by atoms with van der Waals surface area (Å²) in [5, 5.41) is 3.55. The summed E-state index contributed by atoms with van der Waals surface area (Å²) in [4.78, 5) is 4.76. The van der Waals surface area contributed by atoms with Crippen molar-refractivity contribution >= 4 is 6.21 Å². The monoisotopic (exact) mass is 101 g/mol. The molecule has 0 aliphatic carbocycles. The topological polar surface area (TPSA) is 21.6 Å². The Balaban J connectivity index is 2.97. The Morgan fingerprint density at radius 1 is 1.57 bits per heavy atom. The van der Waals surface area contributed by atoms with Crippen LogP contribution in [0.25, 0.3) is 0 Å². The lowest BCUT2D eigenvalue weighted by Gasteiger charge is -1.97. The molecule has 42 valence electrons. The van der Waals surface area contributed by atoms with Crippen LogP contribution in [0.1, 0.15) is 20.8 Å². The third kappa shape index (κ3) is 5.47. The van der Waals surface area contributed by atoms with Crippen molar-refractivity contribution in [2.45, 2.75) is 26.9 Å². The van der Waals surface area contributed by atoms with Gasteiger partial charge in [-0.2, -0.15) is 0 Å². The molecule has 0 aliphatic rings. The van der Waals surface area contributed by atoms with E-state index in [2.05, 4.69) is 5.16 Å². The smallest absolute Gasteiger partial charge is 0.121 e. The molecule has 0 aromatic heterocycles. The van der Waals surface area contributed by atoms with Gasteiger partial charge in [0.25, 0.3) is 0 Å². The van der Waals surface area contributed by atoms with E-state index in [4.69, 9.17) is 4.84 Å². The Morgan fingerprint density at radius 3 is 2.29 bits per heavy atom. The molecule has 0 bridgehead atoms. The van der Waals surface area contributed by atoms with Crippen molar-refractivity contribution in [2.24, 2.45) is 5.16 Å². The van der Waals surface area contributed by atoms with Crippen LogP contribution in [0.15, 0.2) is 5.16 Å². The third-order valence-corrected chi connectivity index (χ3v) is 0.377. The standard InChI is InChI=1S/C5H11NO/c1-4-6-7-5(2)3/h4-5H,1-3H3/b6-4+. The summed E-state index contributed by atoms with van der Waals surface area (Å²) in [6, 6.07) is 0. The maximum Gasteiger partial charge on any atom is 0.121 e. The molecule has 0 saturated heterocycles. The Kier molecular flexibility index (Phi) is 3.38. The van der Waals surface area contributed by atoms with E-state index in [-0.39, 0.29) is 6.10 Å². The summed E-state index contributed by atoms with van der Waals surface area (Å²) < 4.78 is 0. The summed E-state index contributed by atoms with van der Waals surface area (Å²) in [6.07, 6.45) is 1.83. The lowest BCUT2D eigenvalue weighted by Crippen LogP contribution is -1.94. The van der Waals surface area contributed by atoms with Crippen LogP contribution < -0.4 is 0 Å². The highest BCUT2D eigenvalue weighted by Crippen LogP contribution is 1.84. The van der Waals surface area contributed by atoms with Crippen molar-refractivity contribution in [3.8, 4) is 0 Å². The molecule has 0 atom stereocenters. The van der Waals surface area contributed by atoms with Gasteiger partial charge in [-0.3, -0.25) is 0 Å². The molecule has 0 fully saturated rings. The van der Waals surface area contributed by atoms with E-state index in [0.29, 0.717) is 0 Å². The van der Waals surface area contributed by atoms with Crippen molar-refractivity contribution in [3.05, 3.63) is 0 Å². The van der Waals surface area contributed by atoms with Gasteiger partial charge in [0.15, 0.2) is 0 Å². The number of rotatable bonds is 2. The molecule has 0 aliphatic heterocycles. The van der Waals surface area contributed by atoms with Crippen molar-refractivity contribution in [1.82, 2.24) is 0 Å². The van der Waals surface area contributed by atoms with E-state index in [1.54, 1.807) is 6.21 Å².